The fourth-order valence-electron chi connectivity index (χ4n) is 3.74. The number of carbonyl (C=O) groups is 2. The van der Waals surface area contributed by atoms with Crippen molar-refractivity contribution in [2.75, 3.05) is 10.6 Å². The van der Waals surface area contributed by atoms with Gasteiger partial charge in [0.1, 0.15) is 11.5 Å². The molecule has 6 nitrogen and oxygen atoms in total. The second kappa shape index (κ2) is 11.4. The Morgan fingerprint density at radius 1 is 0.941 bits per heavy atom. The molecule has 0 saturated heterocycles. The average molecular weight is 461 g/mol. The molecule has 0 heterocycles. The Morgan fingerprint density at radius 2 is 1.53 bits per heavy atom. The first-order valence-corrected chi connectivity index (χ1v) is 11.6. The molecule has 2 unspecified atom stereocenters. The van der Waals surface area contributed by atoms with Crippen LogP contribution in [0.3, 0.4) is 0 Å². The molecule has 34 heavy (non-hydrogen) atoms. The van der Waals surface area contributed by atoms with Crippen molar-refractivity contribution in [2.45, 2.75) is 52.4 Å². The quantitative estimate of drug-likeness (QED) is 0.224. The minimum Gasteiger partial charge on any atom is -0.505 e. The van der Waals surface area contributed by atoms with Gasteiger partial charge in [-0.25, -0.2) is 0 Å². The van der Waals surface area contributed by atoms with Crippen LogP contribution < -0.4 is 15.4 Å². The van der Waals surface area contributed by atoms with E-state index in [9.17, 15) is 14.7 Å². The van der Waals surface area contributed by atoms with Gasteiger partial charge in [-0.1, -0.05) is 52.0 Å². The Hall–Kier alpha value is -3.80. The van der Waals surface area contributed by atoms with Crippen LogP contribution in [0.5, 0.6) is 17.2 Å². The van der Waals surface area contributed by atoms with Crippen molar-refractivity contribution < 1.29 is 19.4 Å². The van der Waals surface area contributed by atoms with Gasteiger partial charge in [0.25, 0.3) is 5.91 Å². The van der Waals surface area contributed by atoms with E-state index in [0.717, 1.165) is 18.6 Å². The maximum absolute atomic E-state index is 12.7. The van der Waals surface area contributed by atoms with Gasteiger partial charge in [0.2, 0.25) is 6.41 Å². The Bertz CT molecular complexity index is 1110. The lowest BCUT2D eigenvalue weighted by atomic mass is 9.90. The monoisotopic (exact) mass is 460 g/mol. The highest BCUT2D eigenvalue weighted by Crippen LogP contribution is 2.39. The minimum absolute atomic E-state index is 0.0628. The number of rotatable bonds is 10. The maximum Gasteiger partial charge on any atom is 0.259 e. The van der Waals surface area contributed by atoms with Crippen LogP contribution in [0.25, 0.3) is 0 Å². The number of aromatic hydroxyl groups is 1. The summed E-state index contributed by atoms with van der Waals surface area (Å²) < 4.78 is 6.40. The zero-order chi connectivity index (χ0) is 24.7. The van der Waals surface area contributed by atoms with E-state index in [1.54, 1.807) is 18.2 Å². The Balaban J connectivity index is 1.82. The first-order valence-electron chi connectivity index (χ1n) is 11.6. The first-order chi connectivity index (χ1) is 16.4. The maximum atomic E-state index is 12.7. The fourth-order valence-corrected chi connectivity index (χ4v) is 3.74. The van der Waals surface area contributed by atoms with E-state index in [1.807, 2.05) is 12.1 Å². The number of anilines is 2. The van der Waals surface area contributed by atoms with Crippen LogP contribution in [-0.2, 0) is 4.79 Å². The number of phenols is 1. The van der Waals surface area contributed by atoms with Gasteiger partial charge in [-0.2, -0.15) is 0 Å². The molecule has 0 saturated carbocycles. The molecule has 0 radical (unpaired) electrons. The number of hydrogen-bond acceptors (Lipinski definition) is 4. The van der Waals surface area contributed by atoms with Crippen LogP contribution in [0, 0.1) is 0 Å². The Labute approximate surface area is 201 Å². The summed E-state index contributed by atoms with van der Waals surface area (Å²) in [7, 11) is 0. The van der Waals surface area contributed by atoms with Crippen molar-refractivity contribution >= 4 is 23.7 Å². The highest BCUT2D eigenvalue weighted by Gasteiger charge is 2.19. The molecule has 2 amide bonds. The molecule has 178 valence electrons. The molecule has 2 atom stereocenters. The highest BCUT2D eigenvalue weighted by molar-refractivity contribution is 6.07. The van der Waals surface area contributed by atoms with E-state index in [4.69, 9.17) is 4.74 Å². The standard InChI is InChI=1S/C28H32N2O4/c1-5-18(3)22-9-7-10-23(19(4)6-2)27(22)34-21-15-13-20(14-16-21)30-28(33)24-11-8-12-25(26(24)32)29-17-31/h7-19,32H,5-6H2,1-4H3,(H,29,31)(H,30,33). The zero-order valence-electron chi connectivity index (χ0n) is 20.1. The molecule has 0 fully saturated rings. The highest BCUT2D eigenvalue weighted by atomic mass is 16.5. The lowest BCUT2D eigenvalue weighted by molar-refractivity contribution is -0.105. The van der Waals surface area contributed by atoms with Gasteiger partial charge in [-0.15, -0.1) is 0 Å². The van der Waals surface area contributed by atoms with Crippen LogP contribution in [0.4, 0.5) is 11.4 Å². The van der Waals surface area contributed by atoms with Crippen LogP contribution >= 0.6 is 0 Å². The molecule has 6 heteroatoms. The lowest BCUT2D eigenvalue weighted by Gasteiger charge is -2.22. The van der Waals surface area contributed by atoms with Crippen molar-refractivity contribution in [1.29, 1.82) is 0 Å². The predicted octanol–water partition coefficient (Wildman–Crippen LogP) is 7.03. The van der Waals surface area contributed by atoms with E-state index in [0.29, 0.717) is 29.7 Å². The summed E-state index contributed by atoms with van der Waals surface area (Å²) in [6.45, 7) is 8.75. The van der Waals surface area contributed by atoms with Gasteiger partial charge in [0.05, 0.1) is 11.3 Å². The third-order valence-electron chi connectivity index (χ3n) is 6.19. The molecule has 0 spiro atoms. The summed E-state index contributed by atoms with van der Waals surface area (Å²) in [4.78, 5) is 23.3. The summed E-state index contributed by atoms with van der Waals surface area (Å²) in [6, 6.07) is 18.1. The number of carbonyl (C=O) groups excluding carboxylic acids is 2. The summed E-state index contributed by atoms with van der Waals surface area (Å²) in [5, 5.41) is 15.4. The van der Waals surface area contributed by atoms with E-state index in [-0.39, 0.29) is 17.0 Å². The molecule has 3 rings (SSSR count). The predicted molar refractivity (Wildman–Crippen MR) is 136 cm³/mol. The lowest BCUT2D eigenvalue weighted by Crippen LogP contribution is -2.12. The molecule has 3 aromatic carbocycles. The van der Waals surface area contributed by atoms with Gasteiger partial charge in [-0.3, -0.25) is 9.59 Å². The summed E-state index contributed by atoms with van der Waals surface area (Å²) in [5.41, 5.74) is 3.17. The fraction of sp³-hybridized carbons (Fsp3) is 0.286. The summed E-state index contributed by atoms with van der Waals surface area (Å²) >= 11 is 0. The van der Waals surface area contributed by atoms with Crippen molar-refractivity contribution in [1.82, 2.24) is 0 Å². The smallest absolute Gasteiger partial charge is 0.259 e. The summed E-state index contributed by atoms with van der Waals surface area (Å²) in [5.74, 6) is 1.56. The van der Waals surface area contributed by atoms with E-state index >= 15 is 0 Å². The molecule has 3 aromatic rings. The van der Waals surface area contributed by atoms with Crippen molar-refractivity contribution in [3.8, 4) is 17.2 Å². The van der Waals surface area contributed by atoms with E-state index in [1.165, 1.54) is 23.3 Å². The van der Waals surface area contributed by atoms with E-state index < -0.39 is 5.91 Å². The van der Waals surface area contributed by atoms with Gasteiger partial charge in [-0.05, 0) is 72.2 Å². The second-order valence-corrected chi connectivity index (χ2v) is 8.43. The first kappa shape index (κ1) is 24.8. The average Bonchev–Trinajstić information content (AvgIpc) is 2.85. The minimum atomic E-state index is -0.484. The third-order valence-corrected chi connectivity index (χ3v) is 6.19. The number of phenolic OH excluding ortho intramolecular Hbond substituents is 1. The number of ether oxygens (including phenoxy) is 1. The van der Waals surface area contributed by atoms with Crippen LogP contribution in [0.1, 0.15) is 73.9 Å². The molecule has 0 aliphatic carbocycles. The van der Waals surface area contributed by atoms with Crippen molar-refractivity contribution in [3.05, 3.63) is 77.4 Å². The van der Waals surface area contributed by atoms with Crippen LogP contribution in [0.15, 0.2) is 60.7 Å². The van der Waals surface area contributed by atoms with Crippen molar-refractivity contribution in [3.63, 3.8) is 0 Å². The number of amides is 2. The second-order valence-electron chi connectivity index (χ2n) is 8.43. The number of nitrogens with one attached hydrogen (secondary N) is 2. The number of para-hydroxylation sites is 2. The van der Waals surface area contributed by atoms with Gasteiger partial charge < -0.3 is 20.5 Å². The third kappa shape index (κ3) is 5.57. The number of benzene rings is 3. The van der Waals surface area contributed by atoms with Crippen LogP contribution in [0.2, 0.25) is 0 Å². The number of hydrogen-bond donors (Lipinski definition) is 3. The molecule has 0 aliphatic rings. The van der Waals surface area contributed by atoms with E-state index in [2.05, 4.69) is 56.5 Å². The molecule has 3 N–H and O–H groups in total. The van der Waals surface area contributed by atoms with Gasteiger partial charge in [0, 0.05) is 5.69 Å². The van der Waals surface area contributed by atoms with Crippen LogP contribution in [-0.4, -0.2) is 17.4 Å². The molecule has 0 bridgehead atoms. The molecular formula is C28H32N2O4. The summed E-state index contributed by atoms with van der Waals surface area (Å²) in [6.07, 6.45) is 2.48. The zero-order valence-corrected chi connectivity index (χ0v) is 20.1. The largest absolute Gasteiger partial charge is 0.505 e. The normalized spacial score (nSPS) is 12.5. The van der Waals surface area contributed by atoms with Gasteiger partial charge in [0.15, 0.2) is 5.75 Å². The SMILES string of the molecule is CCC(C)c1cccc(C(C)CC)c1Oc1ccc(NC(=O)c2cccc(NC=O)c2O)cc1. The van der Waals surface area contributed by atoms with Crippen molar-refractivity contribution in [2.24, 2.45) is 0 Å². The van der Waals surface area contributed by atoms with Gasteiger partial charge >= 0.3 is 0 Å². The molecule has 0 aliphatic heterocycles. The topological polar surface area (TPSA) is 87.7 Å². The Kier molecular flexibility index (Phi) is 8.30. The Morgan fingerprint density at radius 3 is 2.09 bits per heavy atom. The molecule has 0 aromatic heterocycles. The molecular weight excluding hydrogens is 428 g/mol.